The lowest BCUT2D eigenvalue weighted by molar-refractivity contribution is -0.139. The second-order valence-electron chi connectivity index (χ2n) is 8.90. The average molecular weight is 517 g/mol. The quantitative estimate of drug-likeness (QED) is 0.372. The molecule has 192 valence electrons. The molecule has 0 spiro atoms. The number of sulfone groups is 1. The van der Waals surface area contributed by atoms with Crippen molar-refractivity contribution >= 4 is 22.0 Å². The fourth-order valence-electron chi connectivity index (χ4n) is 3.79. The molecule has 0 unspecified atom stereocenters. The van der Waals surface area contributed by atoms with E-state index in [1.165, 1.54) is 30.3 Å². The maximum absolute atomic E-state index is 13.7. The first kappa shape index (κ1) is 27.3. The van der Waals surface area contributed by atoms with E-state index in [-0.39, 0.29) is 17.2 Å². The van der Waals surface area contributed by atoms with Crippen molar-refractivity contribution in [1.82, 2.24) is 9.55 Å². The molecule has 36 heavy (non-hydrogen) atoms. The van der Waals surface area contributed by atoms with Crippen molar-refractivity contribution in [2.45, 2.75) is 49.7 Å². The van der Waals surface area contributed by atoms with Gasteiger partial charge < -0.3 is 19.9 Å². The summed E-state index contributed by atoms with van der Waals surface area (Å²) in [7, 11) is -3.47. The van der Waals surface area contributed by atoms with E-state index in [4.69, 9.17) is 10.1 Å². The largest absolute Gasteiger partial charge is 0.481 e. The molecule has 10 heteroatoms. The van der Waals surface area contributed by atoms with Crippen molar-refractivity contribution in [3.05, 3.63) is 66.2 Å². The van der Waals surface area contributed by atoms with Gasteiger partial charge >= 0.3 is 5.97 Å². The van der Waals surface area contributed by atoms with Gasteiger partial charge in [0, 0.05) is 35.9 Å². The van der Waals surface area contributed by atoms with Crippen LogP contribution in [0.5, 0.6) is 0 Å². The van der Waals surface area contributed by atoms with Gasteiger partial charge in [-0.1, -0.05) is 26.0 Å². The average Bonchev–Trinajstić information content (AvgIpc) is 3.17. The molecule has 0 aliphatic heterocycles. The maximum Gasteiger partial charge on any atom is 0.305 e. The van der Waals surface area contributed by atoms with Gasteiger partial charge in [-0.05, 0) is 42.5 Å². The minimum absolute atomic E-state index is 0.0876. The van der Waals surface area contributed by atoms with Crippen molar-refractivity contribution in [1.29, 1.82) is 0 Å². The first-order chi connectivity index (χ1) is 16.9. The van der Waals surface area contributed by atoms with Crippen LogP contribution in [0.3, 0.4) is 0 Å². The van der Waals surface area contributed by atoms with Crippen LogP contribution in [-0.2, 0) is 14.6 Å². The molecule has 0 bridgehead atoms. The molecule has 3 rings (SSSR count). The van der Waals surface area contributed by atoms with Gasteiger partial charge in [0.1, 0.15) is 11.6 Å². The van der Waals surface area contributed by atoms with Crippen LogP contribution < -0.4 is 0 Å². The standard InChI is InChI=1S/C26H29FN2O6S/c1-16(2)26-28-24(18-5-4-6-22(13-18)36(3,34)35)25(17-7-9-19(27)10-8-17)29(26)12-11-20(30)14-21(31)15-23(32)33/h4-13,16,20-21,30-31H,14-15H2,1-3H3,(H,32,33)/b12-11+/t20-,21-/m1/s1. The third-order valence-corrected chi connectivity index (χ3v) is 6.60. The number of carbonyl (C=O) groups is 1. The van der Waals surface area contributed by atoms with Gasteiger partial charge in [0.05, 0.1) is 34.9 Å². The lowest BCUT2D eigenvalue weighted by Gasteiger charge is -2.13. The molecular formula is C26H29FN2O6S. The Morgan fingerprint density at radius 2 is 1.78 bits per heavy atom. The van der Waals surface area contributed by atoms with Crippen molar-refractivity contribution in [3.8, 4) is 22.5 Å². The van der Waals surface area contributed by atoms with Gasteiger partial charge in [-0.25, -0.2) is 17.8 Å². The van der Waals surface area contributed by atoms with E-state index in [1.54, 1.807) is 35.0 Å². The van der Waals surface area contributed by atoms with Crippen LogP contribution in [0.2, 0.25) is 0 Å². The Bertz CT molecular complexity index is 1360. The second kappa shape index (κ2) is 11.2. The highest BCUT2D eigenvalue weighted by Crippen LogP contribution is 2.36. The van der Waals surface area contributed by atoms with Crippen molar-refractivity contribution in [2.24, 2.45) is 0 Å². The van der Waals surface area contributed by atoms with Crippen LogP contribution in [0.4, 0.5) is 4.39 Å². The lowest BCUT2D eigenvalue weighted by Crippen LogP contribution is -2.19. The number of aliphatic hydroxyl groups is 2. The predicted molar refractivity (Wildman–Crippen MR) is 134 cm³/mol. The number of imidazole rings is 1. The molecule has 8 nitrogen and oxygen atoms in total. The summed E-state index contributed by atoms with van der Waals surface area (Å²) in [5.74, 6) is -1.08. The number of nitrogens with zero attached hydrogens (tertiary/aromatic N) is 2. The van der Waals surface area contributed by atoms with E-state index in [2.05, 4.69) is 0 Å². The van der Waals surface area contributed by atoms with E-state index in [0.29, 0.717) is 28.3 Å². The number of hydrogen-bond donors (Lipinski definition) is 3. The molecule has 2 atom stereocenters. The number of carboxylic acid groups (broad SMARTS) is 1. The number of rotatable bonds is 10. The maximum atomic E-state index is 13.7. The molecule has 2 aromatic carbocycles. The van der Waals surface area contributed by atoms with E-state index in [1.807, 2.05) is 13.8 Å². The molecule has 3 N–H and O–H groups in total. The molecule has 0 saturated heterocycles. The topological polar surface area (TPSA) is 130 Å². The smallest absolute Gasteiger partial charge is 0.305 e. The zero-order valence-corrected chi connectivity index (χ0v) is 21.0. The molecule has 1 aromatic heterocycles. The Kier molecular flexibility index (Phi) is 8.44. The molecule has 3 aromatic rings. The Morgan fingerprint density at radius 1 is 1.11 bits per heavy atom. The SMILES string of the molecule is CC(C)c1nc(-c2cccc(S(C)(=O)=O)c2)c(-c2ccc(F)cc2)n1/C=C/[C@@H](O)C[C@@H](O)CC(=O)O. The summed E-state index contributed by atoms with van der Waals surface area (Å²) in [6.07, 6.45) is 1.08. The van der Waals surface area contributed by atoms with Crippen molar-refractivity contribution < 1.29 is 32.9 Å². The molecule has 0 radical (unpaired) electrons. The minimum Gasteiger partial charge on any atom is -0.481 e. The number of hydrogen-bond acceptors (Lipinski definition) is 6. The Labute approximate surface area is 209 Å². The summed E-state index contributed by atoms with van der Waals surface area (Å²) in [6.45, 7) is 3.84. The van der Waals surface area contributed by atoms with Gasteiger partial charge in [-0.3, -0.25) is 4.79 Å². The third-order valence-electron chi connectivity index (χ3n) is 5.49. The summed E-state index contributed by atoms with van der Waals surface area (Å²) < 4.78 is 39.8. The van der Waals surface area contributed by atoms with E-state index < -0.39 is 40.3 Å². The van der Waals surface area contributed by atoms with Crippen LogP contribution in [0.15, 0.2) is 59.5 Å². The van der Waals surface area contributed by atoms with Gasteiger partial charge in [0.25, 0.3) is 0 Å². The van der Waals surface area contributed by atoms with Crippen LogP contribution in [0, 0.1) is 5.82 Å². The van der Waals surface area contributed by atoms with Gasteiger partial charge in [0.2, 0.25) is 0 Å². The first-order valence-corrected chi connectivity index (χ1v) is 13.2. The summed E-state index contributed by atoms with van der Waals surface area (Å²) in [6, 6.07) is 12.2. The molecule has 0 aliphatic carbocycles. The number of carboxylic acids is 1. The fraction of sp³-hybridized carbons (Fsp3) is 0.308. The highest BCUT2D eigenvalue weighted by molar-refractivity contribution is 7.90. The molecule has 1 heterocycles. The zero-order valence-electron chi connectivity index (χ0n) is 20.2. The Hall–Kier alpha value is -3.34. The fourth-order valence-corrected chi connectivity index (χ4v) is 4.46. The summed E-state index contributed by atoms with van der Waals surface area (Å²) in [5.41, 5.74) is 2.18. The van der Waals surface area contributed by atoms with Gasteiger partial charge in [-0.2, -0.15) is 0 Å². The summed E-state index contributed by atoms with van der Waals surface area (Å²) >= 11 is 0. The minimum atomic E-state index is -3.47. The van der Waals surface area contributed by atoms with E-state index in [9.17, 15) is 27.8 Å². The normalized spacial score (nSPS) is 13.9. The number of halogens is 1. The zero-order chi connectivity index (χ0) is 26.6. The highest BCUT2D eigenvalue weighted by Gasteiger charge is 2.22. The lowest BCUT2D eigenvalue weighted by atomic mass is 10.0. The Morgan fingerprint density at radius 3 is 2.36 bits per heavy atom. The van der Waals surface area contributed by atoms with Crippen molar-refractivity contribution in [2.75, 3.05) is 6.26 Å². The molecule has 0 aliphatic rings. The van der Waals surface area contributed by atoms with Crippen molar-refractivity contribution in [3.63, 3.8) is 0 Å². The van der Waals surface area contributed by atoms with Crippen LogP contribution in [0.25, 0.3) is 28.7 Å². The van der Waals surface area contributed by atoms with Gasteiger partial charge in [-0.15, -0.1) is 0 Å². The third kappa shape index (κ3) is 6.66. The number of aliphatic carboxylic acids is 1. The molecule has 0 fully saturated rings. The summed E-state index contributed by atoms with van der Waals surface area (Å²) in [5, 5.41) is 29.1. The van der Waals surface area contributed by atoms with E-state index >= 15 is 0 Å². The van der Waals surface area contributed by atoms with Crippen LogP contribution >= 0.6 is 0 Å². The van der Waals surface area contributed by atoms with E-state index in [0.717, 1.165) is 6.26 Å². The highest BCUT2D eigenvalue weighted by atomic mass is 32.2. The van der Waals surface area contributed by atoms with Crippen LogP contribution in [0.1, 0.15) is 38.4 Å². The molecular weight excluding hydrogens is 487 g/mol. The summed E-state index contributed by atoms with van der Waals surface area (Å²) in [4.78, 5) is 15.7. The first-order valence-electron chi connectivity index (χ1n) is 11.3. The predicted octanol–water partition coefficient (Wildman–Crippen LogP) is 3.94. The van der Waals surface area contributed by atoms with Crippen LogP contribution in [-0.4, -0.2) is 57.7 Å². The number of aliphatic hydroxyl groups excluding tert-OH is 2. The monoisotopic (exact) mass is 516 g/mol. The Balaban J connectivity index is 2.18. The van der Waals surface area contributed by atoms with Gasteiger partial charge in [0.15, 0.2) is 9.84 Å². The number of aromatic nitrogens is 2. The second-order valence-corrected chi connectivity index (χ2v) is 10.9. The number of benzene rings is 2. The molecule has 0 amide bonds. The molecule has 0 saturated carbocycles.